The van der Waals surface area contributed by atoms with Crippen LogP contribution in [0.4, 0.5) is 14.5 Å². The van der Waals surface area contributed by atoms with Crippen LogP contribution < -0.4 is 10.0 Å². The summed E-state index contributed by atoms with van der Waals surface area (Å²) in [7, 11) is -3.96. The molecule has 34 heavy (non-hydrogen) atoms. The zero-order chi connectivity index (χ0) is 23.9. The minimum Gasteiger partial charge on any atom is -0.324 e. The highest BCUT2D eigenvalue weighted by Crippen LogP contribution is 2.39. The van der Waals surface area contributed by atoms with E-state index in [4.69, 9.17) is 0 Å². The maximum Gasteiger partial charge on any atom is 0.266 e. The Morgan fingerprint density at radius 1 is 1.00 bits per heavy atom. The highest BCUT2D eigenvalue weighted by atomic mass is 32.2. The normalized spacial score (nSPS) is 18.4. The van der Waals surface area contributed by atoms with Crippen LogP contribution in [0.5, 0.6) is 0 Å². The van der Waals surface area contributed by atoms with E-state index in [1.165, 1.54) is 41.8 Å². The first-order valence-corrected chi connectivity index (χ1v) is 12.8. The summed E-state index contributed by atoms with van der Waals surface area (Å²) in [5.74, 6) is -1.30. The molecule has 1 aliphatic heterocycles. The number of aliphatic imine (C=N–C) groups is 1. The SMILES string of the molecule is C[C@H](c1ccc2c(c1)CCCC2)c1c(F)ccc2c1NC(=NCc1cccc(F)c1)NS2(=O)=O. The van der Waals surface area contributed by atoms with Gasteiger partial charge in [0.2, 0.25) is 5.96 Å². The fraction of sp³-hybridized carbons (Fsp3) is 0.269. The molecule has 8 heteroatoms. The zero-order valence-corrected chi connectivity index (χ0v) is 19.6. The number of fused-ring (bicyclic) bond motifs is 2. The molecule has 0 spiro atoms. The first kappa shape index (κ1) is 22.5. The molecule has 3 aromatic carbocycles. The number of nitrogens with zero attached hydrogens (tertiary/aromatic N) is 1. The average Bonchev–Trinajstić information content (AvgIpc) is 2.81. The molecule has 0 radical (unpaired) electrons. The Hall–Kier alpha value is -3.26. The van der Waals surface area contributed by atoms with Gasteiger partial charge in [-0.3, -0.25) is 0 Å². The zero-order valence-electron chi connectivity index (χ0n) is 18.7. The first-order chi connectivity index (χ1) is 16.3. The largest absolute Gasteiger partial charge is 0.324 e. The summed E-state index contributed by atoms with van der Waals surface area (Å²) in [5.41, 5.74) is 4.58. The van der Waals surface area contributed by atoms with Crippen molar-refractivity contribution in [3.63, 3.8) is 0 Å². The van der Waals surface area contributed by atoms with Crippen LogP contribution in [-0.2, 0) is 29.4 Å². The minimum atomic E-state index is -3.96. The lowest BCUT2D eigenvalue weighted by Gasteiger charge is -2.27. The molecule has 1 heterocycles. The van der Waals surface area contributed by atoms with Crippen LogP contribution >= 0.6 is 0 Å². The van der Waals surface area contributed by atoms with E-state index >= 15 is 4.39 Å². The number of aryl methyl sites for hydroxylation is 2. The van der Waals surface area contributed by atoms with Gasteiger partial charge in [-0.05, 0) is 72.2 Å². The lowest BCUT2D eigenvalue weighted by Crippen LogP contribution is -2.41. The van der Waals surface area contributed by atoms with Crippen molar-refractivity contribution in [1.82, 2.24) is 4.72 Å². The Labute approximate surface area is 198 Å². The van der Waals surface area contributed by atoms with Gasteiger partial charge in [-0.15, -0.1) is 0 Å². The third-order valence-electron chi connectivity index (χ3n) is 6.53. The molecule has 0 fully saturated rings. The summed E-state index contributed by atoms with van der Waals surface area (Å²) < 4.78 is 57.0. The van der Waals surface area contributed by atoms with E-state index in [0.717, 1.165) is 24.8 Å². The summed E-state index contributed by atoms with van der Waals surface area (Å²) in [6.07, 6.45) is 4.36. The molecule has 3 aromatic rings. The Morgan fingerprint density at radius 2 is 1.79 bits per heavy atom. The fourth-order valence-electron chi connectivity index (χ4n) is 4.74. The maximum atomic E-state index is 15.2. The molecule has 5 nitrogen and oxygen atoms in total. The molecule has 0 unspecified atom stereocenters. The van der Waals surface area contributed by atoms with E-state index in [0.29, 0.717) is 5.56 Å². The molecule has 1 atom stereocenters. The molecule has 0 saturated heterocycles. The van der Waals surface area contributed by atoms with Gasteiger partial charge in [0, 0.05) is 11.5 Å². The Bertz CT molecular complexity index is 1400. The van der Waals surface area contributed by atoms with Crippen molar-refractivity contribution < 1.29 is 17.2 Å². The first-order valence-electron chi connectivity index (χ1n) is 11.3. The number of halogens is 2. The monoisotopic (exact) mass is 481 g/mol. The molecule has 2 aliphatic rings. The van der Waals surface area contributed by atoms with Gasteiger partial charge in [-0.25, -0.2) is 26.9 Å². The van der Waals surface area contributed by atoms with Gasteiger partial charge in [0.05, 0.1) is 12.2 Å². The third kappa shape index (κ3) is 4.30. The smallest absolute Gasteiger partial charge is 0.266 e. The molecule has 0 amide bonds. The van der Waals surface area contributed by atoms with E-state index in [2.05, 4.69) is 27.2 Å². The van der Waals surface area contributed by atoms with Crippen molar-refractivity contribution in [2.75, 3.05) is 5.32 Å². The van der Waals surface area contributed by atoms with Crippen LogP contribution in [0.25, 0.3) is 0 Å². The number of anilines is 1. The third-order valence-corrected chi connectivity index (χ3v) is 7.91. The van der Waals surface area contributed by atoms with Gasteiger partial charge >= 0.3 is 0 Å². The quantitative estimate of drug-likeness (QED) is 0.534. The van der Waals surface area contributed by atoms with Gasteiger partial charge in [-0.2, -0.15) is 0 Å². The van der Waals surface area contributed by atoms with E-state index in [9.17, 15) is 12.8 Å². The highest BCUT2D eigenvalue weighted by molar-refractivity contribution is 7.90. The molecule has 5 rings (SSSR count). The number of guanidine groups is 1. The fourth-order valence-corrected chi connectivity index (χ4v) is 5.90. The Balaban J connectivity index is 1.53. The number of hydrogen-bond acceptors (Lipinski definition) is 3. The standard InChI is InChI=1S/C26H25F2N3O2S/c1-16(19-10-9-18-6-2-3-7-20(18)14-19)24-22(28)11-12-23-25(24)30-26(31-34(23,32)33)29-15-17-5-4-8-21(27)13-17/h4-5,8-14,16H,2-3,6-7,15H2,1H3,(H2,29,30,31)/t16-/m1/s1. The lowest BCUT2D eigenvalue weighted by molar-refractivity contribution is 0.586. The van der Waals surface area contributed by atoms with Gasteiger partial charge in [0.1, 0.15) is 16.5 Å². The number of benzene rings is 3. The van der Waals surface area contributed by atoms with Crippen LogP contribution in [0.3, 0.4) is 0 Å². The second-order valence-corrected chi connectivity index (χ2v) is 10.5. The summed E-state index contributed by atoms with van der Waals surface area (Å²) in [6.45, 7) is 1.94. The van der Waals surface area contributed by atoms with Crippen molar-refractivity contribution >= 4 is 21.7 Å². The second kappa shape index (κ2) is 8.83. The van der Waals surface area contributed by atoms with Gasteiger partial charge in [0.25, 0.3) is 10.0 Å². The molecule has 176 valence electrons. The lowest BCUT2D eigenvalue weighted by atomic mass is 9.85. The molecular formula is C26H25F2N3O2S. The summed E-state index contributed by atoms with van der Waals surface area (Å²) >= 11 is 0. The summed E-state index contributed by atoms with van der Waals surface area (Å²) in [4.78, 5) is 4.25. The van der Waals surface area contributed by atoms with Gasteiger partial charge in [-0.1, -0.05) is 37.3 Å². The molecule has 0 saturated carbocycles. The number of sulfonamides is 1. The average molecular weight is 482 g/mol. The Kier molecular flexibility index (Phi) is 5.85. The van der Waals surface area contributed by atoms with Crippen LogP contribution in [0.2, 0.25) is 0 Å². The van der Waals surface area contributed by atoms with Crippen molar-refractivity contribution in [2.24, 2.45) is 4.99 Å². The van der Waals surface area contributed by atoms with Gasteiger partial charge in [0.15, 0.2) is 0 Å². The Morgan fingerprint density at radius 3 is 2.59 bits per heavy atom. The van der Waals surface area contributed by atoms with E-state index < -0.39 is 21.7 Å². The van der Waals surface area contributed by atoms with Crippen molar-refractivity contribution in [1.29, 1.82) is 0 Å². The maximum absolute atomic E-state index is 15.2. The van der Waals surface area contributed by atoms with Crippen molar-refractivity contribution in [3.05, 3.63) is 94.0 Å². The molecule has 0 aromatic heterocycles. The minimum absolute atomic E-state index is 0.0266. The van der Waals surface area contributed by atoms with Crippen molar-refractivity contribution in [3.8, 4) is 0 Å². The van der Waals surface area contributed by atoms with E-state index in [1.807, 2.05) is 13.0 Å². The van der Waals surface area contributed by atoms with Crippen molar-refractivity contribution in [2.45, 2.75) is 50.0 Å². The topological polar surface area (TPSA) is 70.6 Å². The molecule has 1 aliphatic carbocycles. The molecular weight excluding hydrogens is 456 g/mol. The van der Waals surface area contributed by atoms with Crippen LogP contribution in [0.1, 0.15) is 53.5 Å². The van der Waals surface area contributed by atoms with E-state index in [-0.39, 0.29) is 34.6 Å². The second-order valence-electron chi connectivity index (χ2n) is 8.82. The van der Waals surface area contributed by atoms with E-state index in [1.54, 1.807) is 12.1 Å². The van der Waals surface area contributed by atoms with Gasteiger partial charge < -0.3 is 5.32 Å². The highest BCUT2D eigenvalue weighted by Gasteiger charge is 2.32. The predicted octanol–water partition coefficient (Wildman–Crippen LogP) is 5.26. The number of rotatable bonds is 4. The van der Waals surface area contributed by atoms with Crippen LogP contribution in [0, 0.1) is 11.6 Å². The van der Waals surface area contributed by atoms with Crippen LogP contribution in [-0.4, -0.2) is 14.4 Å². The number of hydrogen-bond donors (Lipinski definition) is 2. The van der Waals surface area contributed by atoms with Crippen LogP contribution in [0.15, 0.2) is 64.5 Å². The number of nitrogens with one attached hydrogen (secondary N) is 2. The predicted molar refractivity (Wildman–Crippen MR) is 128 cm³/mol. The molecule has 2 N–H and O–H groups in total. The summed E-state index contributed by atoms with van der Waals surface area (Å²) in [6, 6.07) is 14.6. The molecule has 0 bridgehead atoms. The summed E-state index contributed by atoms with van der Waals surface area (Å²) in [5, 5.41) is 2.99.